The Kier molecular flexibility index (Phi) is 6.66. The minimum Gasteiger partial charge on any atom is -0.478 e. The van der Waals surface area contributed by atoms with Crippen molar-refractivity contribution in [3.8, 4) is 0 Å². The van der Waals surface area contributed by atoms with E-state index >= 15 is 0 Å². The van der Waals surface area contributed by atoms with E-state index in [1.807, 2.05) is 13.8 Å². The van der Waals surface area contributed by atoms with Gasteiger partial charge in [-0.1, -0.05) is 43.6 Å². The van der Waals surface area contributed by atoms with E-state index in [0.717, 1.165) is 27.7 Å². The maximum absolute atomic E-state index is 13.7. The molecule has 1 N–H and O–H groups in total. The molecule has 0 unspecified atom stereocenters. The van der Waals surface area contributed by atoms with Crippen LogP contribution in [0.3, 0.4) is 0 Å². The van der Waals surface area contributed by atoms with Crippen LogP contribution in [0.25, 0.3) is 10.9 Å². The van der Waals surface area contributed by atoms with Crippen LogP contribution in [0.1, 0.15) is 52.5 Å². The number of rotatable bonds is 6. The largest absolute Gasteiger partial charge is 0.478 e. The van der Waals surface area contributed by atoms with Crippen LogP contribution in [-0.4, -0.2) is 23.5 Å². The van der Waals surface area contributed by atoms with Crippen LogP contribution in [0, 0.1) is 0 Å². The van der Waals surface area contributed by atoms with Gasteiger partial charge < -0.3 is 5.11 Å². The molecule has 1 aromatic heterocycles. The average molecular weight is 536 g/mol. The minimum atomic E-state index is -4.60. The van der Waals surface area contributed by atoms with Crippen LogP contribution in [0.15, 0.2) is 71.6 Å². The van der Waals surface area contributed by atoms with E-state index in [1.54, 1.807) is 12.1 Å². The van der Waals surface area contributed by atoms with E-state index in [0.29, 0.717) is 5.56 Å². The van der Waals surface area contributed by atoms with E-state index in [9.17, 15) is 31.5 Å². The third kappa shape index (κ3) is 4.85. The Bertz CT molecular complexity index is 1570. The average Bonchev–Trinajstić information content (AvgIpc) is 3.16. The molecule has 0 aliphatic carbocycles. The van der Waals surface area contributed by atoms with Gasteiger partial charge in [0.25, 0.3) is 10.0 Å². The van der Waals surface area contributed by atoms with E-state index in [1.165, 1.54) is 36.4 Å². The zero-order chi connectivity index (χ0) is 26.4. The van der Waals surface area contributed by atoms with Gasteiger partial charge in [-0.2, -0.15) is 13.2 Å². The predicted molar refractivity (Wildman–Crippen MR) is 131 cm³/mol. The first-order valence-electron chi connectivity index (χ1n) is 10.9. The predicted octanol–water partition coefficient (Wildman–Crippen LogP) is 6.96. The molecule has 1 heterocycles. The lowest BCUT2D eigenvalue weighted by Crippen LogP contribution is -2.16. The van der Waals surface area contributed by atoms with Crippen LogP contribution < -0.4 is 0 Å². The number of carbonyl (C=O) groups is 1. The van der Waals surface area contributed by atoms with Gasteiger partial charge in [0.05, 0.1) is 26.6 Å². The second-order valence-corrected chi connectivity index (χ2v) is 10.9. The Morgan fingerprint density at radius 2 is 1.67 bits per heavy atom. The highest BCUT2D eigenvalue weighted by Gasteiger charge is 2.32. The summed E-state index contributed by atoms with van der Waals surface area (Å²) in [5.74, 6) is -1.03. The summed E-state index contributed by atoms with van der Waals surface area (Å²) in [6.45, 7) is 3.94. The lowest BCUT2D eigenvalue weighted by atomic mass is 10.0. The zero-order valence-corrected chi connectivity index (χ0v) is 20.7. The minimum absolute atomic E-state index is 0.00944. The number of benzene rings is 3. The van der Waals surface area contributed by atoms with Crippen molar-refractivity contribution in [3.63, 3.8) is 0 Å². The van der Waals surface area contributed by atoms with Crippen molar-refractivity contribution in [3.05, 3.63) is 99.7 Å². The number of carboxylic acid groups (broad SMARTS) is 1. The third-order valence-electron chi connectivity index (χ3n) is 5.89. The Balaban J connectivity index is 1.90. The summed E-state index contributed by atoms with van der Waals surface area (Å²) in [6, 6.07) is 14.8. The highest BCUT2D eigenvalue weighted by molar-refractivity contribution is 7.90. The highest BCUT2D eigenvalue weighted by atomic mass is 35.5. The molecule has 0 fully saturated rings. The molecule has 4 rings (SSSR count). The summed E-state index contributed by atoms with van der Waals surface area (Å²) < 4.78 is 68.5. The molecule has 0 spiro atoms. The maximum Gasteiger partial charge on any atom is 0.416 e. The first kappa shape index (κ1) is 25.8. The normalized spacial score (nSPS) is 12.4. The lowest BCUT2D eigenvalue weighted by Gasteiger charge is -2.14. The van der Waals surface area contributed by atoms with Gasteiger partial charge in [0.15, 0.2) is 0 Å². The summed E-state index contributed by atoms with van der Waals surface area (Å²) in [7, 11) is -4.19. The van der Waals surface area contributed by atoms with Crippen molar-refractivity contribution in [2.45, 2.75) is 37.3 Å². The molecular formula is C26H21ClF3NO4S. The first-order valence-corrected chi connectivity index (χ1v) is 12.7. The fraction of sp³-hybridized carbons (Fsp3) is 0.192. The van der Waals surface area contributed by atoms with Crippen LogP contribution in [0.4, 0.5) is 13.2 Å². The van der Waals surface area contributed by atoms with Gasteiger partial charge in [-0.3, -0.25) is 0 Å². The Morgan fingerprint density at radius 3 is 2.22 bits per heavy atom. The van der Waals surface area contributed by atoms with Crippen molar-refractivity contribution in [1.29, 1.82) is 0 Å². The SMILES string of the molecule is CC(C)c1ccc(S(=O)(=O)n2c(Cc3ccc(C(=O)O)c(Cl)c3)cc3cc(C(F)(F)F)ccc32)cc1. The number of fused-ring (bicyclic) bond motifs is 1. The van der Waals surface area contributed by atoms with Gasteiger partial charge in [0.2, 0.25) is 0 Å². The number of hydrogen-bond donors (Lipinski definition) is 1. The second-order valence-electron chi connectivity index (χ2n) is 8.70. The summed E-state index contributed by atoms with van der Waals surface area (Å²) in [5.41, 5.74) is 0.723. The summed E-state index contributed by atoms with van der Waals surface area (Å²) in [5, 5.41) is 9.28. The third-order valence-corrected chi connectivity index (χ3v) is 7.98. The van der Waals surface area contributed by atoms with Gasteiger partial charge in [-0.05, 0) is 65.6 Å². The number of aromatic carboxylic acids is 1. The molecule has 0 bridgehead atoms. The topological polar surface area (TPSA) is 76.4 Å². The quantitative estimate of drug-likeness (QED) is 0.289. The second kappa shape index (κ2) is 9.29. The van der Waals surface area contributed by atoms with Gasteiger partial charge in [-0.25, -0.2) is 17.2 Å². The Hall–Kier alpha value is -3.30. The molecule has 0 atom stereocenters. The molecule has 0 amide bonds. The zero-order valence-electron chi connectivity index (χ0n) is 19.2. The fourth-order valence-corrected chi connectivity index (χ4v) is 5.84. The molecule has 0 aliphatic heterocycles. The Morgan fingerprint density at radius 1 is 1.00 bits per heavy atom. The van der Waals surface area contributed by atoms with Crippen molar-refractivity contribution in [1.82, 2.24) is 3.97 Å². The number of hydrogen-bond acceptors (Lipinski definition) is 3. The van der Waals surface area contributed by atoms with E-state index < -0.39 is 27.7 Å². The van der Waals surface area contributed by atoms with E-state index in [4.69, 9.17) is 11.6 Å². The molecule has 5 nitrogen and oxygen atoms in total. The van der Waals surface area contributed by atoms with Crippen LogP contribution in [-0.2, 0) is 22.6 Å². The summed E-state index contributed by atoms with van der Waals surface area (Å²) in [6.07, 6.45) is -4.61. The maximum atomic E-state index is 13.7. The van der Waals surface area contributed by atoms with Crippen molar-refractivity contribution in [2.24, 2.45) is 0 Å². The van der Waals surface area contributed by atoms with Gasteiger partial charge in [0.1, 0.15) is 0 Å². The number of nitrogens with zero attached hydrogens (tertiary/aromatic N) is 1. The van der Waals surface area contributed by atoms with Crippen LogP contribution in [0.2, 0.25) is 5.02 Å². The van der Waals surface area contributed by atoms with Crippen molar-refractivity contribution < 1.29 is 31.5 Å². The monoisotopic (exact) mass is 535 g/mol. The number of aromatic nitrogens is 1. The molecule has 0 aliphatic rings. The molecule has 10 heteroatoms. The number of halogens is 4. The number of carboxylic acids is 1. The molecule has 3 aromatic carbocycles. The fourth-order valence-electron chi connectivity index (χ4n) is 4.01. The standard InChI is InChI=1S/C26H21ClF3NO4S/c1-15(2)17-4-7-21(8-5-17)36(34,35)31-20(11-16-3-9-22(25(32)33)23(27)12-16)14-18-13-19(26(28,29)30)6-10-24(18)31/h3-10,12-15H,11H2,1-2H3,(H,32,33). The number of alkyl halides is 3. The van der Waals surface area contributed by atoms with Gasteiger partial charge in [0, 0.05) is 17.5 Å². The Labute approximate surface area is 210 Å². The molecule has 0 saturated heterocycles. The van der Waals surface area contributed by atoms with Crippen LogP contribution in [0.5, 0.6) is 0 Å². The molecule has 0 saturated carbocycles. The van der Waals surface area contributed by atoms with Gasteiger partial charge in [-0.15, -0.1) is 0 Å². The highest BCUT2D eigenvalue weighted by Crippen LogP contribution is 2.35. The first-order chi connectivity index (χ1) is 16.8. The van der Waals surface area contributed by atoms with E-state index in [-0.39, 0.29) is 44.4 Å². The molecule has 36 heavy (non-hydrogen) atoms. The van der Waals surface area contributed by atoms with Crippen molar-refractivity contribution >= 4 is 38.5 Å². The molecule has 4 aromatic rings. The van der Waals surface area contributed by atoms with Crippen molar-refractivity contribution in [2.75, 3.05) is 0 Å². The lowest BCUT2D eigenvalue weighted by molar-refractivity contribution is -0.137. The summed E-state index contributed by atoms with van der Waals surface area (Å²) in [4.78, 5) is 11.3. The van der Waals surface area contributed by atoms with E-state index in [2.05, 4.69) is 0 Å². The smallest absolute Gasteiger partial charge is 0.416 e. The van der Waals surface area contributed by atoms with Gasteiger partial charge >= 0.3 is 12.1 Å². The molecular weight excluding hydrogens is 515 g/mol. The summed E-state index contributed by atoms with van der Waals surface area (Å²) >= 11 is 6.08. The molecule has 0 radical (unpaired) electrons. The van der Waals surface area contributed by atoms with Crippen LogP contribution >= 0.6 is 11.6 Å². The molecule has 188 valence electrons.